The second kappa shape index (κ2) is 47.5. The van der Waals surface area contributed by atoms with Crippen molar-refractivity contribution in [2.75, 3.05) is 64.3 Å². The summed E-state index contributed by atoms with van der Waals surface area (Å²) < 4.78 is 30.6. The number of rotatable bonds is 53. The molecule has 22 nitrogen and oxygen atoms in total. The Bertz CT molecular complexity index is 3420. The van der Waals surface area contributed by atoms with E-state index >= 15 is 9.59 Å². The summed E-state index contributed by atoms with van der Waals surface area (Å²) >= 11 is 0. The van der Waals surface area contributed by atoms with Crippen LogP contribution < -0.4 is 26.6 Å². The molecule has 9 atom stereocenters. The number of Topliss-reactive ketones (excluding diaryl/α,β-unsaturated/α-hetero) is 7. The summed E-state index contributed by atoms with van der Waals surface area (Å²) in [7, 11) is 3.35. The fourth-order valence-corrected chi connectivity index (χ4v) is 13.8. The quantitative estimate of drug-likeness (QED) is 0.0156. The van der Waals surface area contributed by atoms with Crippen molar-refractivity contribution in [2.24, 2.45) is 41.4 Å². The van der Waals surface area contributed by atoms with Crippen molar-refractivity contribution in [3.63, 3.8) is 0 Å². The summed E-state index contributed by atoms with van der Waals surface area (Å²) in [6.07, 6.45) is -2.09. The van der Waals surface area contributed by atoms with E-state index in [2.05, 4.69) is 33.5 Å². The molecule has 0 aliphatic heterocycles. The minimum atomic E-state index is -1.46. The molecule has 4 aromatic rings. The van der Waals surface area contributed by atoms with Crippen molar-refractivity contribution in [3.05, 3.63) is 144 Å². The number of carbonyl (C=O) groups excluding carboxylic acids is 12. The number of nitrogens with one attached hydrogen (secondary N) is 5. The topological polar surface area (TPSA) is 311 Å². The molecular formula is C84H119N5O17S2. The molecule has 0 aliphatic rings. The van der Waals surface area contributed by atoms with Crippen molar-refractivity contribution < 1.29 is 81.2 Å². The van der Waals surface area contributed by atoms with Gasteiger partial charge in [0.2, 0.25) is 29.5 Å². The Morgan fingerprint density at radius 3 is 1.44 bits per heavy atom. The van der Waals surface area contributed by atoms with Gasteiger partial charge in [0.25, 0.3) is 0 Å². The molecule has 5 N–H and O–H groups in total. The van der Waals surface area contributed by atoms with Crippen LogP contribution in [0.25, 0.3) is 0 Å². The van der Waals surface area contributed by atoms with E-state index in [0.717, 1.165) is 11.3 Å². The average molecular weight is 1540 g/mol. The normalized spacial score (nSPS) is 14.4. The van der Waals surface area contributed by atoms with E-state index in [1.165, 1.54) is 20.8 Å². The second-order valence-electron chi connectivity index (χ2n) is 30.5. The monoisotopic (exact) mass is 1530 g/mol. The molecule has 0 saturated carbocycles. The fraction of sp³-hybridized carbons (Fsp3) is 0.571. The van der Waals surface area contributed by atoms with Crippen LogP contribution in [-0.4, -0.2) is 170 Å². The summed E-state index contributed by atoms with van der Waals surface area (Å²) in [6.45, 7) is 25.3. The van der Waals surface area contributed by atoms with Gasteiger partial charge in [0.15, 0.2) is 28.9 Å². The zero-order valence-corrected chi connectivity index (χ0v) is 67.7. The minimum absolute atomic E-state index is 0.0599. The second-order valence-corrected chi connectivity index (χ2v) is 33.3. The van der Waals surface area contributed by atoms with Gasteiger partial charge in [0.1, 0.15) is 29.8 Å². The van der Waals surface area contributed by atoms with Gasteiger partial charge in [-0.15, -0.1) is 0 Å². The van der Waals surface area contributed by atoms with Gasteiger partial charge < -0.3 is 55.1 Å². The lowest BCUT2D eigenvalue weighted by atomic mass is 9.80. The molecule has 0 unspecified atom stereocenters. The van der Waals surface area contributed by atoms with Gasteiger partial charge >= 0.3 is 0 Å². The highest BCUT2D eigenvalue weighted by Crippen LogP contribution is 2.41. The van der Waals surface area contributed by atoms with E-state index in [1.54, 1.807) is 77.0 Å². The van der Waals surface area contributed by atoms with Crippen LogP contribution in [0, 0.1) is 41.4 Å². The van der Waals surface area contributed by atoms with E-state index in [9.17, 15) is 47.9 Å². The summed E-state index contributed by atoms with van der Waals surface area (Å²) in [6, 6.07) is 32.3. The lowest BCUT2D eigenvalue weighted by molar-refractivity contribution is -0.141. The first-order valence-electron chi connectivity index (χ1n) is 37.7. The van der Waals surface area contributed by atoms with Crippen LogP contribution in [0.3, 0.4) is 0 Å². The third-order valence-electron chi connectivity index (χ3n) is 17.8. The number of benzene rings is 4. The van der Waals surface area contributed by atoms with Gasteiger partial charge in [-0.2, -0.15) is 0 Å². The van der Waals surface area contributed by atoms with E-state index in [1.807, 2.05) is 142 Å². The Morgan fingerprint density at radius 1 is 0.463 bits per heavy atom. The molecule has 0 aromatic heterocycles. The molecule has 5 amide bonds. The van der Waals surface area contributed by atoms with E-state index in [-0.39, 0.29) is 93.8 Å². The van der Waals surface area contributed by atoms with Crippen LogP contribution in [0.1, 0.15) is 177 Å². The molecule has 4 aromatic carbocycles. The van der Waals surface area contributed by atoms with E-state index in [4.69, 9.17) is 23.7 Å². The first-order chi connectivity index (χ1) is 51.0. The van der Waals surface area contributed by atoms with Crippen LogP contribution in [0.4, 0.5) is 0 Å². The first kappa shape index (κ1) is 92.8. The Balaban J connectivity index is 1.62. The van der Waals surface area contributed by atoms with E-state index in [0.29, 0.717) is 35.4 Å². The summed E-state index contributed by atoms with van der Waals surface area (Å²) in [5.41, 5.74) is -0.209. The average Bonchev–Trinajstić information content (AvgIpc) is 0.756. The largest absolute Gasteiger partial charge is 0.377 e. The first-order valence-corrected chi connectivity index (χ1v) is 40.1. The molecule has 24 heteroatoms. The zero-order chi connectivity index (χ0) is 80.2. The van der Waals surface area contributed by atoms with Gasteiger partial charge in [-0.3, -0.25) is 52.7 Å². The Hall–Kier alpha value is -7.58. The molecule has 0 bridgehead atoms. The van der Waals surface area contributed by atoms with Gasteiger partial charge in [0, 0.05) is 74.8 Å². The standard InChI is InChI=1S/C84H119N5O17S2/c1-16-107-108-54-57(6)78(98)85-39-40-102-41-42-103-52-69(92)37-38-76(97)89-77(56(4)5)75(96)47-63(44-58(7)90)79(99)86-59(8)72(93)48-64(51-106-84(66-31-23-18-24-32-66,67-33-25-19-26-34-67)68-35-27-20-28-36-68)81(101)88-71(53-105-83(13,14)15)74(95)49-65(50-104-82(10,11)12)80(100)87-70(43-55(2)3)73(94)46-62(60(9)91)45-61-29-21-17-22-30-61/h17-36,55-57,59,62-65,70-71,77H,16,37-54H2,1-15H3,(H,85,98)(H,86,99)(H,87,100)(H,88,101)(H,89,97)/t57-,59-,62+,63+,64-,65-,70-,71-,77-/m0/s1. The minimum Gasteiger partial charge on any atom is -0.377 e. The Labute approximate surface area is 647 Å². The Kier molecular flexibility index (Phi) is 40.8. The van der Waals surface area contributed by atoms with Crippen molar-refractivity contribution in [1.29, 1.82) is 0 Å². The maximum absolute atomic E-state index is 15.6. The molecule has 0 heterocycles. The molecule has 108 heavy (non-hydrogen) atoms. The van der Waals surface area contributed by atoms with Crippen LogP contribution in [-0.2, 0) is 93.2 Å². The molecule has 0 fully saturated rings. The van der Waals surface area contributed by atoms with Crippen molar-refractivity contribution in [3.8, 4) is 0 Å². The number of ketones is 7. The number of amides is 5. The summed E-state index contributed by atoms with van der Waals surface area (Å²) in [4.78, 5) is 168. The Morgan fingerprint density at radius 2 is 0.935 bits per heavy atom. The molecule has 594 valence electrons. The van der Waals surface area contributed by atoms with Crippen molar-refractivity contribution in [1.82, 2.24) is 26.6 Å². The SMILES string of the molecule is CCSSC[C@H](C)C(=O)NCCOCCOCC(=O)CCC(=O)N[C@H](C(=O)C[C@@H](CC(C)=O)C(=O)N[C@@H](C)C(=O)C[C@@H](COC(c1ccccc1)(c1ccccc1)c1ccccc1)C(=O)N[C@@H](COC(C)(C)C)C(=O)C[C@@H](COC(C)(C)C)C(=O)N[C@@H](CC(C)C)C(=O)C[C@@H](Cc1ccccc1)C(C)=O)C(C)C. The van der Waals surface area contributed by atoms with Crippen molar-refractivity contribution in [2.45, 2.75) is 203 Å². The highest BCUT2D eigenvalue weighted by Gasteiger charge is 2.42. The highest BCUT2D eigenvalue weighted by atomic mass is 33.1. The van der Waals surface area contributed by atoms with Crippen molar-refractivity contribution >= 4 is 91.6 Å². The van der Waals surface area contributed by atoms with Gasteiger partial charge in [0.05, 0.1) is 86.7 Å². The van der Waals surface area contributed by atoms with Crippen LogP contribution in [0.5, 0.6) is 0 Å². The van der Waals surface area contributed by atoms with Crippen LogP contribution >= 0.6 is 21.6 Å². The number of ether oxygens (including phenoxy) is 5. The maximum Gasteiger partial charge on any atom is 0.226 e. The summed E-state index contributed by atoms with van der Waals surface area (Å²) in [5.74, 6) is -9.87. The van der Waals surface area contributed by atoms with Gasteiger partial charge in [-0.25, -0.2) is 0 Å². The van der Waals surface area contributed by atoms with Gasteiger partial charge in [-0.05, 0) is 109 Å². The lowest BCUT2D eigenvalue weighted by Gasteiger charge is -2.37. The molecule has 0 aliphatic carbocycles. The van der Waals surface area contributed by atoms with Crippen LogP contribution in [0.15, 0.2) is 121 Å². The molecule has 4 rings (SSSR count). The molecule has 0 saturated heterocycles. The summed E-state index contributed by atoms with van der Waals surface area (Å²) in [5, 5.41) is 14.0. The smallest absolute Gasteiger partial charge is 0.226 e. The fourth-order valence-electron chi connectivity index (χ4n) is 11.8. The predicted octanol–water partition coefficient (Wildman–Crippen LogP) is 10.9. The molecule has 0 spiro atoms. The lowest BCUT2D eigenvalue weighted by Crippen LogP contribution is -2.51. The number of carbonyl (C=O) groups is 12. The zero-order valence-electron chi connectivity index (χ0n) is 66.1. The number of hydrogen-bond acceptors (Lipinski definition) is 19. The van der Waals surface area contributed by atoms with E-state index < -0.39 is 156 Å². The molecule has 0 radical (unpaired) electrons. The van der Waals surface area contributed by atoms with Crippen LogP contribution in [0.2, 0.25) is 0 Å². The predicted molar refractivity (Wildman–Crippen MR) is 421 cm³/mol. The van der Waals surface area contributed by atoms with Gasteiger partial charge in [-0.1, -0.05) is 184 Å². The third-order valence-corrected chi connectivity index (χ3v) is 20.5. The highest BCUT2D eigenvalue weighted by molar-refractivity contribution is 8.76. The molecular weight excluding hydrogens is 1420 g/mol. The third kappa shape index (κ3) is 34.1. The maximum atomic E-state index is 15.6. The number of hydrogen-bond donors (Lipinski definition) is 5.